The molecule has 0 aliphatic heterocycles. The van der Waals surface area contributed by atoms with Gasteiger partial charge in [0.05, 0.1) is 0 Å². The molecule has 2 rings (SSSR count). The number of hydrogen-bond donors (Lipinski definition) is 0. The Morgan fingerprint density at radius 3 is 2.22 bits per heavy atom. The van der Waals surface area contributed by atoms with Gasteiger partial charge in [0.1, 0.15) is 5.25 Å². The number of sulfone groups is 1. The van der Waals surface area contributed by atoms with E-state index < -0.39 is 24.1 Å². The van der Waals surface area contributed by atoms with Crippen LogP contribution in [0.15, 0.2) is 5.16 Å². The van der Waals surface area contributed by atoms with Crippen LogP contribution in [0.5, 0.6) is 0 Å². The van der Waals surface area contributed by atoms with Crippen molar-refractivity contribution >= 4 is 29.6 Å². The lowest BCUT2D eigenvalue weighted by molar-refractivity contribution is 0.558. The van der Waals surface area contributed by atoms with Crippen molar-refractivity contribution < 1.29 is 16.8 Å². The molecule has 0 aromatic carbocycles. The quantitative estimate of drug-likeness (QED) is 0.757. The number of hydrogen-bond acceptors (Lipinski definition) is 6. The fourth-order valence-corrected chi connectivity index (χ4v) is 3.07. The predicted octanol–water partition coefficient (Wildman–Crippen LogP) is 0.646. The van der Waals surface area contributed by atoms with Crippen molar-refractivity contribution in [3.05, 3.63) is 5.82 Å². The van der Waals surface area contributed by atoms with Crippen LogP contribution >= 0.6 is 10.7 Å². The fraction of sp³-hybridized carbons (Fsp3) is 0.750. The number of nitrogens with zero attached hydrogens (tertiary/aromatic N) is 3. The average molecular weight is 314 g/mol. The fourth-order valence-electron chi connectivity index (χ4n) is 1.60. The van der Waals surface area contributed by atoms with Crippen molar-refractivity contribution in [2.45, 2.75) is 36.2 Å². The first-order valence-electron chi connectivity index (χ1n) is 5.20. The van der Waals surface area contributed by atoms with Gasteiger partial charge in [0.2, 0.25) is 0 Å². The molecule has 18 heavy (non-hydrogen) atoms. The Hall–Kier alpha value is -0.670. The minimum absolute atomic E-state index is 0.0808. The van der Waals surface area contributed by atoms with Gasteiger partial charge in [-0.1, -0.05) is 0 Å². The Bertz CT molecular complexity index is 675. The van der Waals surface area contributed by atoms with Crippen LogP contribution in [0.3, 0.4) is 0 Å². The minimum Gasteiger partial charge on any atom is -0.297 e. The van der Waals surface area contributed by atoms with E-state index in [0.29, 0.717) is 0 Å². The zero-order valence-corrected chi connectivity index (χ0v) is 12.1. The molecule has 0 radical (unpaired) electrons. The van der Waals surface area contributed by atoms with Crippen LogP contribution in [-0.4, -0.2) is 37.9 Å². The van der Waals surface area contributed by atoms with Gasteiger partial charge in [-0.3, -0.25) is 4.57 Å². The second kappa shape index (κ2) is 4.17. The Labute approximate surface area is 109 Å². The summed E-state index contributed by atoms with van der Waals surface area (Å²) >= 11 is 0. The van der Waals surface area contributed by atoms with Crippen molar-refractivity contribution in [2.75, 3.05) is 6.26 Å². The number of rotatable bonds is 4. The average Bonchev–Trinajstić information content (AvgIpc) is 2.92. The van der Waals surface area contributed by atoms with E-state index in [0.717, 1.165) is 19.1 Å². The van der Waals surface area contributed by atoms with E-state index in [1.54, 1.807) is 0 Å². The van der Waals surface area contributed by atoms with Crippen LogP contribution < -0.4 is 0 Å². The van der Waals surface area contributed by atoms with Gasteiger partial charge < -0.3 is 0 Å². The van der Waals surface area contributed by atoms with Crippen LogP contribution in [0.25, 0.3) is 0 Å². The lowest BCUT2D eigenvalue weighted by Gasteiger charge is -2.11. The Morgan fingerprint density at radius 2 is 1.83 bits per heavy atom. The first kappa shape index (κ1) is 13.8. The molecule has 1 aliphatic rings. The smallest absolute Gasteiger partial charge is 0.296 e. The largest absolute Gasteiger partial charge is 0.297 e. The van der Waals surface area contributed by atoms with E-state index in [-0.39, 0.29) is 17.0 Å². The van der Waals surface area contributed by atoms with Crippen LogP contribution in [0.4, 0.5) is 0 Å². The summed E-state index contributed by atoms with van der Waals surface area (Å²) in [7, 11) is -2.14. The molecule has 1 aromatic rings. The van der Waals surface area contributed by atoms with Gasteiger partial charge in [-0.25, -0.2) is 16.8 Å². The molecule has 10 heteroatoms. The third-order valence-corrected chi connectivity index (χ3v) is 5.45. The van der Waals surface area contributed by atoms with Gasteiger partial charge in [0.15, 0.2) is 15.7 Å². The lowest BCUT2D eigenvalue weighted by atomic mass is 10.4. The standard InChI is InChI=1S/C8H12ClN3O4S2/c1-5(17(2,13)14)7-10-11-8(18(9,15)16)12(7)6-3-4-6/h5-6H,3-4H2,1-2H3. The van der Waals surface area contributed by atoms with Gasteiger partial charge in [0.25, 0.3) is 14.2 Å². The molecule has 1 unspecified atom stereocenters. The zero-order chi connectivity index (χ0) is 13.7. The normalized spacial score (nSPS) is 18.8. The summed E-state index contributed by atoms with van der Waals surface area (Å²) < 4.78 is 47.1. The monoisotopic (exact) mass is 313 g/mol. The third kappa shape index (κ3) is 2.52. The van der Waals surface area contributed by atoms with E-state index >= 15 is 0 Å². The topological polar surface area (TPSA) is 99.0 Å². The van der Waals surface area contributed by atoms with Gasteiger partial charge in [-0.2, -0.15) is 0 Å². The van der Waals surface area contributed by atoms with Gasteiger partial charge in [-0.15, -0.1) is 10.2 Å². The van der Waals surface area contributed by atoms with Crippen LogP contribution in [0.2, 0.25) is 0 Å². The summed E-state index contributed by atoms with van der Waals surface area (Å²) in [6, 6.07) is -0.0808. The Morgan fingerprint density at radius 1 is 1.28 bits per heavy atom. The molecule has 0 bridgehead atoms. The minimum atomic E-state index is -4.03. The van der Waals surface area contributed by atoms with Crippen molar-refractivity contribution in [2.24, 2.45) is 0 Å². The molecule has 0 saturated heterocycles. The van der Waals surface area contributed by atoms with E-state index in [1.165, 1.54) is 11.5 Å². The highest BCUT2D eigenvalue weighted by Gasteiger charge is 2.37. The molecular formula is C8H12ClN3O4S2. The molecule has 102 valence electrons. The SMILES string of the molecule is CC(c1nnc(S(=O)(=O)Cl)n1C1CC1)S(C)(=O)=O. The first-order valence-corrected chi connectivity index (χ1v) is 9.47. The van der Waals surface area contributed by atoms with Gasteiger partial charge in [0, 0.05) is 23.0 Å². The van der Waals surface area contributed by atoms with Crippen LogP contribution in [-0.2, 0) is 18.9 Å². The summed E-state index contributed by atoms with van der Waals surface area (Å²) in [5, 5.41) is 5.90. The molecule has 1 saturated carbocycles. The zero-order valence-electron chi connectivity index (χ0n) is 9.74. The third-order valence-electron chi connectivity index (χ3n) is 2.83. The molecule has 7 nitrogen and oxygen atoms in total. The molecule has 1 fully saturated rings. The molecule has 1 aromatic heterocycles. The highest BCUT2D eigenvalue weighted by molar-refractivity contribution is 8.13. The first-order chi connectivity index (χ1) is 8.12. The maximum atomic E-state index is 11.5. The van der Waals surface area contributed by atoms with Crippen molar-refractivity contribution in [1.29, 1.82) is 0 Å². The summed E-state index contributed by atoms with van der Waals surface area (Å²) in [5.74, 6) is 0.124. The molecular weight excluding hydrogens is 302 g/mol. The van der Waals surface area contributed by atoms with Crippen LogP contribution in [0, 0.1) is 0 Å². The Kier molecular flexibility index (Phi) is 3.19. The molecule has 0 amide bonds. The van der Waals surface area contributed by atoms with Gasteiger partial charge in [-0.05, 0) is 19.8 Å². The van der Waals surface area contributed by atoms with E-state index in [1.807, 2.05) is 0 Å². The molecule has 0 N–H and O–H groups in total. The summed E-state index contributed by atoms with van der Waals surface area (Å²) in [6.07, 6.45) is 2.60. The summed E-state index contributed by atoms with van der Waals surface area (Å²) in [5.41, 5.74) is 0. The summed E-state index contributed by atoms with van der Waals surface area (Å²) in [6.45, 7) is 1.45. The van der Waals surface area contributed by atoms with Crippen molar-refractivity contribution in [3.63, 3.8) is 0 Å². The second-order valence-electron chi connectivity index (χ2n) is 4.35. The highest BCUT2D eigenvalue weighted by Crippen LogP contribution is 2.40. The second-order valence-corrected chi connectivity index (χ2v) is 9.18. The maximum absolute atomic E-state index is 11.5. The van der Waals surface area contributed by atoms with E-state index in [2.05, 4.69) is 10.2 Å². The maximum Gasteiger partial charge on any atom is 0.296 e. The molecule has 1 aliphatic carbocycles. The molecule has 0 spiro atoms. The number of aromatic nitrogens is 3. The predicted molar refractivity (Wildman–Crippen MR) is 64.6 cm³/mol. The van der Waals surface area contributed by atoms with E-state index in [4.69, 9.17) is 10.7 Å². The number of halogens is 1. The van der Waals surface area contributed by atoms with Gasteiger partial charge >= 0.3 is 0 Å². The lowest BCUT2D eigenvalue weighted by Crippen LogP contribution is -2.15. The van der Waals surface area contributed by atoms with Crippen LogP contribution in [0.1, 0.15) is 36.9 Å². The van der Waals surface area contributed by atoms with Crippen molar-refractivity contribution in [1.82, 2.24) is 14.8 Å². The summed E-state index contributed by atoms with van der Waals surface area (Å²) in [4.78, 5) is 0. The van der Waals surface area contributed by atoms with E-state index in [9.17, 15) is 16.8 Å². The highest BCUT2D eigenvalue weighted by atomic mass is 35.7. The molecule has 1 atom stereocenters. The Balaban J connectivity index is 2.60. The van der Waals surface area contributed by atoms with Crippen molar-refractivity contribution in [3.8, 4) is 0 Å². The molecule has 1 heterocycles.